The highest BCUT2D eigenvalue weighted by molar-refractivity contribution is 5.69. The fourth-order valence-corrected chi connectivity index (χ4v) is 2.42. The van der Waals surface area contributed by atoms with Crippen molar-refractivity contribution in [3.05, 3.63) is 35.7 Å². The summed E-state index contributed by atoms with van der Waals surface area (Å²) in [7, 11) is 0. The molecule has 1 fully saturated rings. The molecule has 1 heterocycles. The topological polar surface area (TPSA) is 43.8 Å². The third-order valence-corrected chi connectivity index (χ3v) is 3.36. The van der Waals surface area contributed by atoms with Gasteiger partial charge in [0.25, 0.3) is 0 Å². The van der Waals surface area contributed by atoms with E-state index in [1.807, 2.05) is 43.9 Å². The van der Waals surface area contributed by atoms with Crippen molar-refractivity contribution < 1.29 is 14.3 Å². The van der Waals surface area contributed by atoms with Gasteiger partial charge in [0.2, 0.25) is 0 Å². The number of piperazine rings is 1. The molecule has 4 nitrogen and oxygen atoms in total. The van der Waals surface area contributed by atoms with Gasteiger partial charge in [-0.25, -0.2) is 4.39 Å². The lowest BCUT2D eigenvalue weighted by molar-refractivity contribution is -0.138. The van der Waals surface area contributed by atoms with Crippen LogP contribution in [0.1, 0.15) is 26.3 Å². The zero-order valence-corrected chi connectivity index (χ0v) is 13.6. The van der Waals surface area contributed by atoms with Crippen LogP contribution in [0.25, 0.3) is 6.08 Å². The number of hydrogen-bond acceptors (Lipinski definition) is 3. The number of carboxylic acids is 1. The summed E-state index contributed by atoms with van der Waals surface area (Å²) in [5, 5.41) is 8.77. The average molecular weight is 308 g/mol. The molecule has 1 aliphatic rings. The van der Waals surface area contributed by atoms with Gasteiger partial charge in [0.15, 0.2) is 0 Å². The van der Waals surface area contributed by atoms with Crippen LogP contribution in [0.5, 0.6) is 0 Å². The molecule has 0 aliphatic carbocycles. The third kappa shape index (κ3) is 5.48. The molecule has 0 unspecified atom stereocenters. The van der Waals surface area contributed by atoms with E-state index < -0.39 is 5.97 Å². The van der Waals surface area contributed by atoms with Gasteiger partial charge in [-0.1, -0.05) is 26.0 Å². The molecule has 0 aromatic heterocycles. The number of allylic oxidation sites excluding steroid dienone is 1. The molecule has 0 radical (unpaired) electrons. The Morgan fingerprint density at radius 1 is 1.23 bits per heavy atom. The number of aliphatic carboxylic acids is 1. The van der Waals surface area contributed by atoms with Crippen LogP contribution in [0.4, 0.5) is 10.1 Å². The first-order valence-corrected chi connectivity index (χ1v) is 7.71. The average Bonchev–Trinajstić information content (AvgIpc) is 2.49. The quantitative estimate of drug-likeness (QED) is 0.928. The lowest BCUT2D eigenvalue weighted by Crippen LogP contribution is -2.48. The number of nitrogens with zero attached hydrogens (tertiary/aromatic N) is 2. The second kappa shape index (κ2) is 9.20. The summed E-state index contributed by atoms with van der Waals surface area (Å²) in [6.07, 6.45) is 3.75. The van der Waals surface area contributed by atoms with Crippen molar-refractivity contribution in [2.24, 2.45) is 0 Å². The van der Waals surface area contributed by atoms with Crippen LogP contribution in [0.3, 0.4) is 0 Å². The standard InChI is InChI=1S/C15H19FN2O2.C2H6/c1-2-3-12-8-13(16)10-14(9-12)18-6-4-17(5-7-18)11-15(19)20;1-2/h2-3,8-10H,4-7,11H2,1H3,(H,19,20);1-2H3/b3-2-;. The summed E-state index contributed by atoms with van der Waals surface area (Å²) >= 11 is 0. The minimum absolute atomic E-state index is 0.0703. The van der Waals surface area contributed by atoms with E-state index in [1.165, 1.54) is 12.1 Å². The van der Waals surface area contributed by atoms with Crippen LogP contribution in [0.2, 0.25) is 0 Å². The van der Waals surface area contributed by atoms with E-state index in [-0.39, 0.29) is 12.4 Å². The number of carbonyl (C=O) groups is 1. The van der Waals surface area contributed by atoms with Crippen LogP contribution in [0, 0.1) is 5.82 Å². The smallest absolute Gasteiger partial charge is 0.317 e. The maximum absolute atomic E-state index is 13.6. The Hall–Kier alpha value is -1.88. The molecule has 0 amide bonds. The Morgan fingerprint density at radius 3 is 2.41 bits per heavy atom. The van der Waals surface area contributed by atoms with Crippen molar-refractivity contribution in [3.63, 3.8) is 0 Å². The van der Waals surface area contributed by atoms with Crippen molar-refractivity contribution in [2.75, 3.05) is 37.6 Å². The first-order chi connectivity index (χ1) is 10.6. The Labute approximate surface area is 131 Å². The molecular formula is C17H25FN2O2. The van der Waals surface area contributed by atoms with Gasteiger partial charge in [-0.05, 0) is 30.7 Å². The summed E-state index contributed by atoms with van der Waals surface area (Å²) in [5.74, 6) is -1.05. The molecule has 0 spiro atoms. The third-order valence-electron chi connectivity index (χ3n) is 3.36. The van der Waals surface area contributed by atoms with Gasteiger partial charge in [0, 0.05) is 31.9 Å². The second-order valence-electron chi connectivity index (χ2n) is 4.90. The largest absolute Gasteiger partial charge is 0.480 e. The van der Waals surface area contributed by atoms with Gasteiger partial charge in [-0.2, -0.15) is 0 Å². The van der Waals surface area contributed by atoms with Crippen molar-refractivity contribution in [2.45, 2.75) is 20.8 Å². The molecule has 1 saturated heterocycles. The molecule has 1 N–H and O–H groups in total. The molecule has 122 valence electrons. The Morgan fingerprint density at radius 2 is 1.86 bits per heavy atom. The molecule has 1 aromatic rings. The van der Waals surface area contributed by atoms with E-state index in [0.717, 1.165) is 11.3 Å². The zero-order chi connectivity index (χ0) is 16.5. The first-order valence-electron chi connectivity index (χ1n) is 7.71. The fourth-order valence-electron chi connectivity index (χ4n) is 2.42. The summed E-state index contributed by atoms with van der Waals surface area (Å²) in [5.41, 5.74) is 1.70. The maximum Gasteiger partial charge on any atom is 0.317 e. The summed E-state index contributed by atoms with van der Waals surface area (Å²) in [6, 6.07) is 4.99. The summed E-state index contributed by atoms with van der Waals surface area (Å²) in [6.45, 7) is 8.76. The van der Waals surface area contributed by atoms with Gasteiger partial charge < -0.3 is 10.0 Å². The minimum atomic E-state index is -0.806. The van der Waals surface area contributed by atoms with E-state index in [1.54, 1.807) is 0 Å². The van der Waals surface area contributed by atoms with E-state index >= 15 is 0 Å². The Kier molecular flexibility index (Phi) is 7.60. The number of anilines is 1. The van der Waals surface area contributed by atoms with Crippen LogP contribution in [0.15, 0.2) is 24.3 Å². The lowest BCUT2D eigenvalue weighted by atomic mass is 10.1. The Balaban J connectivity index is 0.00000116. The van der Waals surface area contributed by atoms with Gasteiger partial charge in [-0.15, -0.1) is 0 Å². The van der Waals surface area contributed by atoms with Crippen LogP contribution >= 0.6 is 0 Å². The molecule has 2 rings (SSSR count). The first kappa shape index (κ1) is 18.2. The van der Waals surface area contributed by atoms with E-state index in [2.05, 4.69) is 4.90 Å². The molecule has 1 aliphatic heterocycles. The molecule has 0 saturated carbocycles. The highest BCUT2D eigenvalue weighted by Crippen LogP contribution is 2.21. The zero-order valence-electron chi connectivity index (χ0n) is 13.6. The van der Waals surface area contributed by atoms with E-state index in [4.69, 9.17) is 5.11 Å². The summed E-state index contributed by atoms with van der Waals surface area (Å²) < 4.78 is 13.6. The number of hydrogen-bond donors (Lipinski definition) is 1. The van der Waals surface area contributed by atoms with Crippen molar-refractivity contribution in [1.82, 2.24) is 4.90 Å². The molecule has 0 atom stereocenters. The predicted molar refractivity (Wildman–Crippen MR) is 88.7 cm³/mol. The normalized spacial score (nSPS) is 15.5. The number of benzene rings is 1. The van der Waals surface area contributed by atoms with Gasteiger partial charge >= 0.3 is 5.97 Å². The minimum Gasteiger partial charge on any atom is -0.480 e. The highest BCUT2D eigenvalue weighted by atomic mass is 19.1. The van der Waals surface area contributed by atoms with E-state index in [0.29, 0.717) is 26.2 Å². The molecular weight excluding hydrogens is 283 g/mol. The van der Waals surface area contributed by atoms with Crippen molar-refractivity contribution in [3.8, 4) is 0 Å². The van der Waals surface area contributed by atoms with Crippen LogP contribution in [-0.2, 0) is 4.79 Å². The monoisotopic (exact) mass is 308 g/mol. The lowest BCUT2D eigenvalue weighted by Gasteiger charge is -2.35. The van der Waals surface area contributed by atoms with Crippen LogP contribution < -0.4 is 4.90 Å². The number of rotatable bonds is 4. The Bertz CT molecular complexity index is 509. The SMILES string of the molecule is C/C=C\c1cc(F)cc(N2CCN(CC(=O)O)CC2)c1.CC. The second-order valence-corrected chi connectivity index (χ2v) is 4.90. The van der Waals surface area contributed by atoms with Gasteiger partial charge in [-0.3, -0.25) is 9.69 Å². The highest BCUT2D eigenvalue weighted by Gasteiger charge is 2.19. The summed E-state index contributed by atoms with van der Waals surface area (Å²) in [4.78, 5) is 14.7. The van der Waals surface area contributed by atoms with Gasteiger partial charge in [0.05, 0.1) is 6.54 Å². The molecule has 5 heteroatoms. The van der Waals surface area contributed by atoms with E-state index in [9.17, 15) is 9.18 Å². The number of carboxylic acid groups (broad SMARTS) is 1. The van der Waals surface area contributed by atoms with Gasteiger partial charge in [0.1, 0.15) is 5.82 Å². The fraction of sp³-hybridized carbons (Fsp3) is 0.471. The predicted octanol–water partition coefficient (Wildman–Crippen LogP) is 3.09. The molecule has 22 heavy (non-hydrogen) atoms. The van der Waals surface area contributed by atoms with Crippen molar-refractivity contribution >= 4 is 17.7 Å². The molecule has 1 aromatic carbocycles. The maximum atomic E-state index is 13.6. The van der Waals surface area contributed by atoms with Crippen LogP contribution in [-0.4, -0.2) is 48.7 Å². The number of halogens is 1. The molecule has 0 bridgehead atoms. The van der Waals surface area contributed by atoms with Crippen molar-refractivity contribution in [1.29, 1.82) is 0 Å².